The summed E-state index contributed by atoms with van der Waals surface area (Å²) in [6, 6.07) is 2.52. The first-order valence-corrected chi connectivity index (χ1v) is 6.91. The predicted octanol–water partition coefficient (Wildman–Crippen LogP) is 4.52. The zero-order chi connectivity index (χ0) is 14.0. The van der Waals surface area contributed by atoms with Gasteiger partial charge in [0.15, 0.2) is 11.6 Å². The molecule has 6 heteroatoms. The summed E-state index contributed by atoms with van der Waals surface area (Å²) in [4.78, 5) is 0.674. The molecule has 0 bridgehead atoms. The monoisotopic (exact) mass is 305 g/mol. The van der Waals surface area contributed by atoms with Gasteiger partial charge in [0.05, 0.1) is 11.1 Å². The van der Waals surface area contributed by atoms with Gasteiger partial charge in [-0.2, -0.15) is 0 Å². The first-order valence-electron chi connectivity index (χ1n) is 5.65. The average Bonchev–Trinajstić information content (AvgIpc) is 2.77. The molecule has 2 aromatic rings. The lowest BCUT2D eigenvalue weighted by molar-refractivity contribution is 0.482. The Morgan fingerprint density at radius 3 is 2.47 bits per heavy atom. The fraction of sp³-hybridized carbons (Fsp3) is 0.231. The van der Waals surface area contributed by atoms with Crippen LogP contribution >= 0.6 is 22.9 Å². The van der Waals surface area contributed by atoms with Crippen molar-refractivity contribution in [3.63, 3.8) is 0 Å². The van der Waals surface area contributed by atoms with Crippen LogP contribution in [0.4, 0.5) is 13.2 Å². The molecule has 0 radical (unpaired) electrons. The van der Waals surface area contributed by atoms with Gasteiger partial charge in [-0.15, -0.1) is 11.3 Å². The van der Waals surface area contributed by atoms with Gasteiger partial charge in [-0.3, -0.25) is 0 Å². The van der Waals surface area contributed by atoms with E-state index in [0.29, 0.717) is 22.5 Å². The number of rotatable bonds is 4. The van der Waals surface area contributed by atoms with Crippen molar-refractivity contribution in [2.75, 3.05) is 6.54 Å². The van der Waals surface area contributed by atoms with Crippen LogP contribution in [-0.4, -0.2) is 6.54 Å². The Morgan fingerprint density at radius 2 is 1.89 bits per heavy atom. The molecule has 0 fully saturated rings. The molecule has 0 amide bonds. The molecule has 1 atom stereocenters. The molecule has 0 saturated heterocycles. The van der Waals surface area contributed by atoms with E-state index in [1.165, 1.54) is 11.3 Å². The maximum atomic E-state index is 13.8. The standard InChI is InChI=1S/C13H11ClF3NS/c1-2-18-12(13-8(14)3-4-19-13)7-5-10(16)11(17)6-9(7)15/h3-6,12,18H,2H2,1H3. The van der Waals surface area contributed by atoms with Crippen molar-refractivity contribution in [3.8, 4) is 0 Å². The summed E-state index contributed by atoms with van der Waals surface area (Å²) in [5.41, 5.74) is 0.0464. The second kappa shape index (κ2) is 5.94. The fourth-order valence-corrected chi connectivity index (χ4v) is 3.08. The number of hydrogen-bond acceptors (Lipinski definition) is 2. The zero-order valence-electron chi connectivity index (χ0n) is 10.0. The number of nitrogens with one attached hydrogen (secondary N) is 1. The first-order chi connectivity index (χ1) is 9.04. The molecule has 1 nitrogen and oxygen atoms in total. The summed E-state index contributed by atoms with van der Waals surface area (Å²) in [7, 11) is 0. The normalized spacial score (nSPS) is 12.7. The van der Waals surface area contributed by atoms with Crippen LogP contribution < -0.4 is 5.32 Å². The van der Waals surface area contributed by atoms with Crippen molar-refractivity contribution in [3.05, 3.63) is 56.5 Å². The topological polar surface area (TPSA) is 12.0 Å². The summed E-state index contributed by atoms with van der Waals surface area (Å²) in [5, 5.41) is 5.26. The lowest BCUT2D eigenvalue weighted by Crippen LogP contribution is -2.22. The molecular formula is C13H11ClF3NS. The van der Waals surface area contributed by atoms with Crippen LogP contribution in [0.5, 0.6) is 0 Å². The highest BCUT2D eigenvalue weighted by atomic mass is 35.5. The smallest absolute Gasteiger partial charge is 0.161 e. The van der Waals surface area contributed by atoms with Crippen LogP contribution in [0.15, 0.2) is 23.6 Å². The second-order valence-corrected chi connectivity index (χ2v) is 5.27. The Balaban J connectivity index is 2.51. The van der Waals surface area contributed by atoms with Gasteiger partial charge in [-0.25, -0.2) is 13.2 Å². The van der Waals surface area contributed by atoms with E-state index in [1.807, 2.05) is 6.92 Å². The third-order valence-corrected chi connectivity index (χ3v) is 4.09. The second-order valence-electron chi connectivity index (χ2n) is 3.91. The van der Waals surface area contributed by atoms with E-state index >= 15 is 0 Å². The maximum absolute atomic E-state index is 13.8. The average molecular weight is 306 g/mol. The van der Waals surface area contributed by atoms with Crippen LogP contribution in [0.3, 0.4) is 0 Å². The van der Waals surface area contributed by atoms with E-state index in [1.54, 1.807) is 11.4 Å². The molecule has 0 aliphatic carbocycles. The van der Waals surface area contributed by atoms with Gasteiger partial charge in [-0.05, 0) is 24.1 Å². The minimum atomic E-state index is -1.20. The van der Waals surface area contributed by atoms with Crippen molar-refractivity contribution in [1.29, 1.82) is 0 Å². The van der Waals surface area contributed by atoms with Gasteiger partial charge in [-0.1, -0.05) is 18.5 Å². The third kappa shape index (κ3) is 2.94. The van der Waals surface area contributed by atoms with Gasteiger partial charge in [0.25, 0.3) is 0 Å². The molecule has 0 aliphatic heterocycles. The van der Waals surface area contributed by atoms with Crippen molar-refractivity contribution < 1.29 is 13.2 Å². The van der Waals surface area contributed by atoms with E-state index in [4.69, 9.17) is 11.6 Å². The van der Waals surface area contributed by atoms with E-state index in [9.17, 15) is 13.2 Å². The van der Waals surface area contributed by atoms with Crippen molar-refractivity contribution in [2.24, 2.45) is 0 Å². The summed E-state index contributed by atoms with van der Waals surface area (Å²) >= 11 is 7.36. The Kier molecular flexibility index (Phi) is 4.50. The largest absolute Gasteiger partial charge is 0.306 e. The predicted molar refractivity (Wildman–Crippen MR) is 71.2 cm³/mol. The molecule has 1 unspecified atom stereocenters. The number of thiophene rings is 1. The van der Waals surface area contributed by atoms with E-state index in [2.05, 4.69) is 5.32 Å². The Morgan fingerprint density at radius 1 is 1.21 bits per heavy atom. The van der Waals surface area contributed by atoms with Gasteiger partial charge in [0.1, 0.15) is 5.82 Å². The van der Waals surface area contributed by atoms with Crippen LogP contribution in [0.25, 0.3) is 0 Å². The molecule has 1 aromatic heterocycles. The van der Waals surface area contributed by atoms with Crippen molar-refractivity contribution in [1.82, 2.24) is 5.32 Å². The van der Waals surface area contributed by atoms with Crippen LogP contribution in [0.1, 0.15) is 23.4 Å². The van der Waals surface area contributed by atoms with Crippen molar-refractivity contribution in [2.45, 2.75) is 13.0 Å². The molecule has 2 rings (SSSR count). The van der Waals surface area contributed by atoms with Gasteiger partial charge >= 0.3 is 0 Å². The number of benzene rings is 1. The van der Waals surface area contributed by atoms with Crippen LogP contribution in [-0.2, 0) is 0 Å². The molecule has 1 heterocycles. The lowest BCUT2D eigenvalue weighted by Gasteiger charge is -2.18. The Hall–Kier alpha value is -1.04. The summed E-state index contributed by atoms with van der Waals surface area (Å²) in [6.07, 6.45) is 0. The summed E-state index contributed by atoms with van der Waals surface area (Å²) in [5.74, 6) is -3.07. The molecule has 19 heavy (non-hydrogen) atoms. The quantitative estimate of drug-likeness (QED) is 0.819. The molecule has 1 aromatic carbocycles. The SMILES string of the molecule is CCNC(c1cc(F)c(F)cc1F)c1sccc1Cl. The molecular weight excluding hydrogens is 295 g/mol. The highest BCUT2D eigenvalue weighted by Gasteiger charge is 2.22. The maximum Gasteiger partial charge on any atom is 0.161 e. The van der Waals surface area contributed by atoms with E-state index in [0.717, 1.165) is 6.07 Å². The zero-order valence-corrected chi connectivity index (χ0v) is 11.6. The first kappa shape index (κ1) is 14.4. The van der Waals surface area contributed by atoms with Crippen LogP contribution in [0.2, 0.25) is 5.02 Å². The van der Waals surface area contributed by atoms with E-state index in [-0.39, 0.29) is 5.56 Å². The molecule has 102 valence electrons. The Labute approximate surface area is 118 Å². The number of halogens is 4. The molecule has 1 N–H and O–H groups in total. The van der Waals surface area contributed by atoms with E-state index < -0.39 is 23.5 Å². The van der Waals surface area contributed by atoms with Gasteiger partial charge in [0.2, 0.25) is 0 Å². The minimum Gasteiger partial charge on any atom is -0.306 e. The Bertz CT molecular complexity index is 585. The minimum absolute atomic E-state index is 0.0464. The molecule has 0 spiro atoms. The lowest BCUT2D eigenvalue weighted by atomic mass is 10.0. The summed E-state index contributed by atoms with van der Waals surface area (Å²) in [6.45, 7) is 2.38. The van der Waals surface area contributed by atoms with Gasteiger partial charge in [0, 0.05) is 16.5 Å². The van der Waals surface area contributed by atoms with Gasteiger partial charge < -0.3 is 5.32 Å². The fourth-order valence-electron chi connectivity index (χ4n) is 1.82. The molecule has 0 saturated carbocycles. The third-order valence-electron chi connectivity index (χ3n) is 2.67. The highest BCUT2D eigenvalue weighted by molar-refractivity contribution is 7.10. The van der Waals surface area contributed by atoms with Crippen LogP contribution in [0, 0.1) is 17.5 Å². The molecule has 0 aliphatic rings. The van der Waals surface area contributed by atoms with Crippen molar-refractivity contribution >= 4 is 22.9 Å². The highest BCUT2D eigenvalue weighted by Crippen LogP contribution is 2.34. The summed E-state index contributed by atoms with van der Waals surface area (Å²) < 4.78 is 40.1. The number of hydrogen-bond donors (Lipinski definition) is 1.